The quantitative estimate of drug-likeness (QED) is 0.529. The predicted octanol–water partition coefficient (Wildman–Crippen LogP) is 4.25. The fourth-order valence-corrected chi connectivity index (χ4v) is 4.35. The molecule has 4 rings (SSSR count). The Morgan fingerprint density at radius 2 is 1.93 bits per heavy atom. The maximum absolute atomic E-state index is 11.1. The SMILES string of the molecule is NC(=O)N1CCC(NCCOc2ccc(Oc3nc4cc(Cl)ccc4s3)cc2)CC1. The van der Waals surface area contributed by atoms with Crippen molar-refractivity contribution >= 4 is 39.2 Å². The number of carbonyl (C=O) groups excluding carboxylic acids is 1. The number of nitrogens with zero attached hydrogens (tertiary/aromatic N) is 2. The van der Waals surface area contributed by atoms with Crippen molar-refractivity contribution in [2.75, 3.05) is 26.2 Å². The zero-order valence-electron chi connectivity index (χ0n) is 16.3. The van der Waals surface area contributed by atoms with E-state index in [9.17, 15) is 4.79 Å². The lowest BCUT2D eigenvalue weighted by atomic mass is 10.1. The Kier molecular flexibility index (Phi) is 6.56. The van der Waals surface area contributed by atoms with Crippen LogP contribution in [0.5, 0.6) is 16.7 Å². The normalized spacial score (nSPS) is 14.8. The van der Waals surface area contributed by atoms with E-state index in [0.29, 0.717) is 41.7 Å². The molecule has 1 aromatic heterocycles. The zero-order valence-corrected chi connectivity index (χ0v) is 17.9. The van der Waals surface area contributed by atoms with Gasteiger partial charge in [-0.05, 0) is 55.3 Å². The van der Waals surface area contributed by atoms with Gasteiger partial charge in [0.1, 0.15) is 18.1 Å². The van der Waals surface area contributed by atoms with E-state index in [4.69, 9.17) is 26.8 Å². The van der Waals surface area contributed by atoms with Gasteiger partial charge in [0, 0.05) is 30.7 Å². The fraction of sp³-hybridized carbons (Fsp3) is 0.333. The van der Waals surface area contributed by atoms with E-state index in [1.165, 1.54) is 11.3 Å². The molecule has 0 saturated carbocycles. The number of nitrogens with two attached hydrogens (primary N) is 1. The molecule has 2 aromatic carbocycles. The number of halogens is 1. The number of aromatic nitrogens is 1. The molecule has 3 aromatic rings. The first-order valence-electron chi connectivity index (χ1n) is 9.81. The number of ether oxygens (including phenoxy) is 2. The summed E-state index contributed by atoms with van der Waals surface area (Å²) in [4.78, 5) is 17.3. The van der Waals surface area contributed by atoms with Gasteiger partial charge in [0.25, 0.3) is 5.19 Å². The third-order valence-corrected chi connectivity index (χ3v) is 6.12. The maximum Gasteiger partial charge on any atom is 0.314 e. The van der Waals surface area contributed by atoms with E-state index in [1.807, 2.05) is 42.5 Å². The van der Waals surface area contributed by atoms with Gasteiger partial charge in [-0.3, -0.25) is 0 Å². The van der Waals surface area contributed by atoms with Gasteiger partial charge in [-0.2, -0.15) is 0 Å². The number of carbonyl (C=O) groups is 1. The summed E-state index contributed by atoms with van der Waals surface area (Å²) < 4.78 is 12.7. The summed E-state index contributed by atoms with van der Waals surface area (Å²) in [6, 6.07) is 13.1. The van der Waals surface area contributed by atoms with Crippen LogP contribution in [0, 0.1) is 0 Å². The highest BCUT2D eigenvalue weighted by Gasteiger charge is 2.20. The molecule has 9 heteroatoms. The standard InChI is InChI=1S/C21H23ClN4O3S/c22-14-1-6-19-18(13-14)25-21(30-19)29-17-4-2-16(3-5-17)28-12-9-24-15-7-10-26(11-8-15)20(23)27/h1-6,13,15,24H,7-12H2,(H2,23,27). The van der Waals surface area contributed by atoms with Gasteiger partial charge in [0.15, 0.2) is 0 Å². The minimum absolute atomic E-state index is 0.336. The molecule has 1 fully saturated rings. The Morgan fingerprint density at radius 1 is 1.20 bits per heavy atom. The second-order valence-corrected chi connectivity index (χ2v) is 8.50. The third kappa shape index (κ3) is 5.33. The number of hydrogen-bond acceptors (Lipinski definition) is 6. The maximum atomic E-state index is 11.1. The average molecular weight is 447 g/mol. The second-order valence-electron chi connectivity index (χ2n) is 7.07. The largest absolute Gasteiger partial charge is 0.492 e. The van der Waals surface area contributed by atoms with Gasteiger partial charge in [-0.15, -0.1) is 0 Å². The minimum Gasteiger partial charge on any atom is -0.492 e. The highest BCUT2D eigenvalue weighted by molar-refractivity contribution is 7.20. The summed E-state index contributed by atoms with van der Waals surface area (Å²) >= 11 is 7.48. The molecular weight excluding hydrogens is 424 g/mol. The molecule has 0 aliphatic carbocycles. The Labute approximate surface area is 183 Å². The molecule has 3 N–H and O–H groups in total. The van der Waals surface area contributed by atoms with Gasteiger partial charge >= 0.3 is 6.03 Å². The number of piperidine rings is 1. The molecule has 0 bridgehead atoms. The van der Waals surface area contributed by atoms with Gasteiger partial charge in [-0.1, -0.05) is 22.9 Å². The number of urea groups is 1. The lowest BCUT2D eigenvalue weighted by Gasteiger charge is -2.31. The summed E-state index contributed by atoms with van der Waals surface area (Å²) in [5.41, 5.74) is 6.13. The van der Waals surface area contributed by atoms with Crippen LogP contribution in [0.2, 0.25) is 5.02 Å². The highest BCUT2D eigenvalue weighted by atomic mass is 35.5. The van der Waals surface area contributed by atoms with Crippen molar-refractivity contribution < 1.29 is 14.3 Å². The molecule has 1 aliphatic heterocycles. The number of thiazole rings is 1. The smallest absolute Gasteiger partial charge is 0.314 e. The molecule has 0 atom stereocenters. The van der Waals surface area contributed by atoms with Crippen molar-refractivity contribution in [3.05, 3.63) is 47.5 Å². The number of rotatable bonds is 7. The Morgan fingerprint density at radius 3 is 2.67 bits per heavy atom. The van der Waals surface area contributed by atoms with Crippen molar-refractivity contribution in [3.63, 3.8) is 0 Å². The molecule has 2 amide bonds. The van der Waals surface area contributed by atoms with E-state index >= 15 is 0 Å². The van der Waals surface area contributed by atoms with Crippen LogP contribution < -0.4 is 20.5 Å². The van der Waals surface area contributed by atoms with Gasteiger partial charge < -0.3 is 25.4 Å². The molecule has 1 saturated heterocycles. The van der Waals surface area contributed by atoms with Gasteiger partial charge in [0.05, 0.1) is 10.2 Å². The number of benzene rings is 2. The molecule has 0 unspecified atom stereocenters. The van der Waals surface area contributed by atoms with Crippen molar-refractivity contribution in [2.45, 2.75) is 18.9 Å². The van der Waals surface area contributed by atoms with Gasteiger partial charge in [-0.25, -0.2) is 9.78 Å². The number of primary amides is 1. The fourth-order valence-electron chi connectivity index (χ4n) is 3.36. The Balaban J connectivity index is 1.20. The first kappa shape index (κ1) is 20.7. The molecule has 30 heavy (non-hydrogen) atoms. The second kappa shape index (κ2) is 9.51. The first-order valence-corrected chi connectivity index (χ1v) is 11.0. The Bertz CT molecular complexity index is 1000. The average Bonchev–Trinajstić information content (AvgIpc) is 3.14. The lowest BCUT2D eigenvalue weighted by molar-refractivity contribution is 0.183. The van der Waals surface area contributed by atoms with E-state index in [-0.39, 0.29) is 6.03 Å². The molecule has 0 spiro atoms. The van der Waals surface area contributed by atoms with Crippen LogP contribution in [0.15, 0.2) is 42.5 Å². The van der Waals surface area contributed by atoms with Crippen LogP contribution in [0.4, 0.5) is 4.79 Å². The number of fused-ring (bicyclic) bond motifs is 1. The molecule has 1 aliphatic rings. The predicted molar refractivity (Wildman–Crippen MR) is 119 cm³/mol. The van der Waals surface area contributed by atoms with Crippen LogP contribution in [-0.2, 0) is 0 Å². The summed E-state index contributed by atoms with van der Waals surface area (Å²) in [6.07, 6.45) is 1.82. The van der Waals surface area contributed by atoms with E-state index in [0.717, 1.165) is 35.4 Å². The summed E-state index contributed by atoms with van der Waals surface area (Å²) in [7, 11) is 0. The first-order chi connectivity index (χ1) is 14.6. The van der Waals surface area contributed by atoms with Crippen LogP contribution >= 0.6 is 22.9 Å². The molecule has 0 radical (unpaired) electrons. The number of nitrogens with one attached hydrogen (secondary N) is 1. The van der Waals surface area contributed by atoms with Crippen molar-refractivity contribution in [1.82, 2.24) is 15.2 Å². The summed E-state index contributed by atoms with van der Waals surface area (Å²) in [5, 5.41) is 4.70. The molecule has 7 nitrogen and oxygen atoms in total. The highest BCUT2D eigenvalue weighted by Crippen LogP contribution is 2.33. The van der Waals surface area contributed by atoms with Crippen LogP contribution in [0.1, 0.15) is 12.8 Å². The zero-order chi connectivity index (χ0) is 20.9. The van der Waals surface area contributed by atoms with Crippen molar-refractivity contribution in [3.8, 4) is 16.7 Å². The van der Waals surface area contributed by atoms with Crippen molar-refractivity contribution in [1.29, 1.82) is 0 Å². The van der Waals surface area contributed by atoms with Crippen molar-refractivity contribution in [2.24, 2.45) is 5.73 Å². The number of amides is 2. The monoisotopic (exact) mass is 446 g/mol. The molecule has 2 heterocycles. The van der Waals surface area contributed by atoms with Crippen LogP contribution in [0.25, 0.3) is 10.2 Å². The number of hydrogen-bond donors (Lipinski definition) is 2. The third-order valence-electron chi connectivity index (χ3n) is 4.97. The summed E-state index contributed by atoms with van der Waals surface area (Å²) in [5.74, 6) is 1.48. The lowest BCUT2D eigenvalue weighted by Crippen LogP contribution is -2.47. The van der Waals surface area contributed by atoms with Crippen LogP contribution in [0.3, 0.4) is 0 Å². The summed E-state index contributed by atoms with van der Waals surface area (Å²) in [6.45, 7) is 2.72. The van der Waals surface area contributed by atoms with E-state index in [2.05, 4.69) is 10.3 Å². The van der Waals surface area contributed by atoms with E-state index in [1.54, 1.807) is 4.90 Å². The number of likely N-dealkylation sites (tertiary alicyclic amines) is 1. The Hall–Kier alpha value is -2.55. The van der Waals surface area contributed by atoms with Gasteiger partial charge in [0.2, 0.25) is 0 Å². The molecular formula is C21H23ClN4O3S. The topological polar surface area (TPSA) is 89.7 Å². The van der Waals surface area contributed by atoms with E-state index < -0.39 is 0 Å². The molecule has 158 valence electrons. The van der Waals surface area contributed by atoms with Crippen LogP contribution in [-0.4, -0.2) is 48.2 Å². The minimum atomic E-state index is -0.336.